The summed E-state index contributed by atoms with van der Waals surface area (Å²) in [6.45, 7) is 7.71. The summed E-state index contributed by atoms with van der Waals surface area (Å²) in [4.78, 5) is 14.9. The number of benzene rings is 2. The fraction of sp³-hybridized carbons (Fsp3) is 0.409. The highest BCUT2D eigenvalue weighted by atomic mass is 16.1. The van der Waals surface area contributed by atoms with Crippen LogP contribution in [0.5, 0.6) is 0 Å². The molecule has 1 saturated heterocycles. The average molecular weight is 336 g/mol. The molecule has 1 atom stereocenters. The van der Waals surface area contributed by atoms with Crippen LogP contribution in [0.2, 0.25) is 0 Å². The molecule has 25 heavy (non-hydrogen) atoms. The number of carbonyl (C=O) groups excluding carboxylic acids is 1. The van der Waals surface area contributed by atoms with Crippen LogP contribution in [0.4, 0.5) is 11.4 Å². The van der Waals surface area contributed by atoms with Crippen LogP contribution < -0.4 is 10.2 Å². The lowest BCUT2D eigenvalue weighted by Crippen LogP contribution is -2.37. The van der Waals surface area contributed by atoms with E-state index in [9.17, 15) is 4.79 Å². The van der Waals surface area contributed by atoms with Crippen molar-refractivity contribution in [2.24, 2.45) is 0 Å². The molecule has 2 aromatic carbocycles. The largest absolute Gasteiger partial charge is 0.369 e. The number of anilines is 2. The standard InChI is InChI=1S/C22H28N2O/c1-16(2)18-7-9-19(10-8-18)22(25)23-20-11-13-21(14-12-20)24-15-5-4-6-17(24)3/h7-14,16-17H,4-6,15H2,1-3H3,(H,23,25)/t17-/m0/s1. The van der Waals surface area contributed by atoms with Crippen LogP contribution in [-0.4, -0.2) is 18.5 Å². The van der Waals surface area contributed by atoms with Crippen LogP contribution in [0.3, 0.4) is 0 Å². The molecule has 0 aliphatic carbocycles. The summed E-state index contributed by atoms with van der Waals surface area (Å²) < 4.78 is 0. The second-order valence-corrected chi connectivity index (χ2v) is 7.32. The predicted molar refractivity (Wildman–Crippen MR) is 106 cm³/mol. The molecule has 0 aromatic heterocycles. The minimum Gasteiger partial charge on any atom is -0.369 e. The Bertz CT molecular complexity index is 704. The number of carbonyl (C=O) groups is 1. The van der Waals surface area contributed by atoms with Gasteiger partial charge in [-0.3, -0.25) is 4.79 Å². The van der Waals surface area contributed by atoms with Crippen molar-refractivity contribution >= 4 is 17.3 Å². The third-order valence-corrected chi connectivity index (χ3v) is 5.10. The molecular weight excluding hydrogens is 308 g/mol. The smallest absolute Gasteiger partial charge is 0.255 e. The third-order valence-electron chi connectivity index (χ3n) is 5.10. The highest BCUT2D eigenvalue weighted by Crippen LogP contribution is 2.26. The number of nitrogens with zero attached hydrogens (tertiary/aromatic N) is 1. The molecule has 1 N–H and O–H groups in total. The molecule has 0 saturated carbocycles. The lowest BCUT2D eigenvalue weighted by Gasteiger charge is -2.35. The third kappa shape index (κ3) is 4.22. The fourth-order valence-corrected chi connectivity index (χ4v) is 3.44. The molecule has 3 rings (SSSR count). The summed E-state index contributed by atoms with van der Waals surface area (Å²) in [5.41, 5.74) is 4.02. The van der Waals surface area contributed by atoms with Crippen LogP contribution in [-0.2, 0) is 0 Å². The number of hydrogen-bond donors (Lipinski definition) is 1. The van der Waals surface area contributed by atoms with Crippen molar-refractivity contribution in [3.05, 3.63) is 59.7 Å². The first kappa shape index (κ1) is 17.5. The number of amides is 1. The molecule has 0 bridgehead atoms. The van der Waals surface area contributed by atoms with Crippen molar-refractivity contribution in [3.8, 4) is 0 Å². The zero-order valence-electron chi connectivity index (χ0n) is 15.5. The Hall–Kier alpha value is -2.29. The van der Waals surface area contributed by atoms with Crippen molar-refractivity contribution in [1.82, 2.24) is 0 Å². The summed E-state index contributed by atoms with van der Waals surface area (Å²) in [7, 11) is 0. The van der Waals surface area contributed by atoms with Gasteiger partial charge in [-0.25, -0.2) is 0 Å². The Morgan fingerprint density at radius 3 is 2.32 bits per heavy atom. The molecule has 0 unspecified atom stereocenters. The quantitative estimate of drug-likeness (QED) is 0.806. The van der Waals surface area contributed by atoms with Gasteiger partial charge in [0.05, 0.1) is 0 Å². The Morgan fingerprint density at radius 1 is 1.04 bits per heavy atom. The van der Waals surface area contributed by atoms with Gasteiger partial charge < -0.3 is 10.2 Å². The summed E-state index contributed by atoms with van der Waals surface area (Å²) >= 11 is 0. The summed E-state index contributed by atoms with van der Waals surface area (Å²) in [6, 6.07) is 16.7. The van der Waals surface area contributed by atoms with Crippen LogP contribution in [0.25, 0.3) is 0 Å². The van der Waals surface area contributed by atoms with Gasteiger partial charge in [0.2, 0.25) is 0 Å². The predicted octanol–water partition coefficient (Wildman–Crippen LogP) is 5.44. The Morgan fingerprint density at radius 2 is 1.72 bits per heavy atom. The van der Waals surface area contributed by atoms with Gasteiger partial charge in [-0.05, 0) is 74.1 Å². The van der Waals surface area contributed by atoms with E-state index in [1.165, 1.54) is 30.5 Å². The van der Waals surface area contributed by atoms with Crippen LogP contribution in [0.1, 0.15) is 61.9 Å². The first-order valence-electron chi connectivity index (χ1n) is 9.32. The first-order chi connectivity index (χ1) is 12.0. The molecule has 0 spiro atoms. The molecule has 1 heterocycles. The average Bonchev–Trinajstić information content (AvgIpc) is 2.63. The van der Waals surface area contributed by atoms with E-state index in [2.05, 4.69) is 43.1 Å². The minimum absolute atomic E-state index is 0.0607. The lowest BCUT2D eigenvalue weighted by molar-refractivity contribution is 0.102. The lowest BCUT2D eigenvalue weighted by atomic mass is 10.0. The van der Waals surface area contributed by atoms with Gasteiger partial charge in [0.15, 0.2) is 0 Å². The van der Waals surface area contributed by atoms with Gasteiger partial charge in [-0.1, -0.05) is 26.0 Å². The van der Waals surface area contributed by atoms with E-state index in [1.54, 1.807) is 0 Å². The van der Waals surface area contributed by atoms with E-state index in [-0.39, 0.29) is 5.91 Å². The summed E-state index contributed by atoms with van der Waals surface area (Å²) in [6.07, 6.45) is 3.83. The summed E-state index contributed by atoms with van der Waals surface area (Å²) in [5, 5.41) is 2.99. The van der Waals surface area contributed by atoms with Crippen LogP contribution >= 0.6 is 0 Å². The van der Waals surface area contributed by atoms with E-state index < -0.39 is 0 Å². The highest BCUT2D eigenvalue weighted by molar-refractivity contribution is 6.04. The van der Waals surface area contributed by atoms with E-state index >= 15 is 0 Å². The number of nitrogens with one attached hydrogen (secondary N) is 1. The van der Waals surface area contributed by atoms with Gasteiger partial charge in [-0.2, -0.15) is 0 Å². The molecule has 0 radical (unpaired) electrons. The normalized spacial score (nSPS) is 17.6. The zero-order chi connectivity index (χ0) is 17.8. The molecule has 132 valence electrons. The molecule has 3 heteroatoms. The van der Waals surface area contributed by atoms with Crippen LogP contribution in [0.15, 0.2) is 48.5 Å². The maximum absolute atomic E-state index is 12.4. The molecular formula is C22H28N2O. The van der Waals surface area contributed by atoms with Crippen molar-refractivity contribution in [2.45, 2.75) is 52.0 Å². The topological polar surface area (TPSA) is 32.3 Å². The molecule has 1 aliphatic heterocycles. The second kappa shape index (κ2) is 7.73. The molecule has 3 nitrogen and oxygen atoms in total. The fourth-order valence-electron chi connectivity index (χ4n) is 3.44. The maximum atomic E-state index is 12.4. The van der Waals surface area contributed by atoms with Gasteiger partial charge in [0.1, 0.15) is 0 Å². The Kier molecular flexibility index (Phi) is 5.42. The van der Waals surface area contributed by atoms with Crippen LogP contribution in [0, 0.1) is 0 Å². The van der Waals surface area contributed by atoms with Gasteiger partial charge in [0.25, 0.3) is 5.91 Å². The van der Waals surface area contributed by atoms with E-state index in [0.29, 0.717) is 17.5 Å². The molecule has 1 amide bonds. The monoisotopic (exact) mass is 336 g/mol. The number of piperidine rings is 1. The molecule has 1 fully saturated rings. The molecule has 2 aromatic rings. The number of hydrogen-bond acceptors (Lipinski definition) is 2. The van der Waals surface area contributed by atoms with E-state index in [4.69, 9.17) is 0 Å². The maximum Gasteiger partial charge on any atom is 0.255 e. The Labute approximate surface area is 151 Å². The SMILES string of the molecule is CC(C)c1ccc(C(=O)Nc2ccc(N3CCCC[C@@H]3C)cc2)cc1. The second-order valence-electron chi connectivity index (χ2n) is 7.32. The first-order valence-corrected chi connectivity index (χ1v) is 9.32. The molecule has 1 aliphatic rings. The van der Waals surface area contributed by atoms with E-state index in [0.717, 1.165) is 12.2 Å². The van der Waals surface area contributed by atoms with Gasteiger partial charge in [0, 0.05) is 29.5 Å². The number of rotatable bonds is 4. The van der Waals surface area contributed by atoms with Crippen molar-refractivity contribution in [1.29, 1.82) is 0 Å². The van der Waals surface area contributed by atoms with E-state index in [1.807, 2.05) is 36.4 Å². The van der Waals surface area contributed by atoms with Gasteiger partial charge in [-0.15, -0.1) is 0 Å². The van der Waals surface area contributed by atoms with Crippen molar-refractivity contribution < 1.29 is 4.79 Å². The van der Waals surface area contributed by atoms with Gasteiger partial charge >= 0.3 is 0 Å². The van der Waals surface area contributed by atoms with Crippen molar-refractivity contribution in [3.63, 3.8) is 0 Å². The highest BCUT2D eigenvalue weighted by Gasteiger charge is 2.18. The van der Waals surface area contributed by atoms with Crippen molar-refractivity contribution in [2.75, 3.05) is 16.8 Å². The summed E-state index contributed by atoms with van der Waals surface area (Å²) in [5.74, 6) is 0.413. The minimum atomic E-state index is -0.0607. The Balaban J connectivity index is 1.65. The zero-order valence-corrected chi connectivity index (χ0v) is 15.5.